The first-order valence-electron chi connectivity index (χ1n) is 9.17. The van der Waals surface area contributed by atoms with Gasteiger partial charge >= 0.3 is 0 Å². The van der Waals surface area contributed by atoms with Gasteiger partial charge in [0.25, 0.3) is 11.8 Å². The highest BCUT2D eigenvalue weighted by atomic mass is 35.5. The fraction of sp³-hybridized carbons (Fsp3) is 0.333. The number of hydrogen-bond donors (Lipinski definition) is 3. The molecule has 2 aromatic carbocycles. The molecule has 0 aromatic heterocycles. The van der Waals surface area contributed by atoms with E-state index in [9.17, 15) is 9.59 Å². The molecule has 28 heavy (non-hydrogen) atoms. The number of carbonyl (C=O) groups is 2. The lowest BCUT2D eigenvalue weighted by atomic mass is 10.0. The average molecular weight is 404 g/mol. The molecule has 7 heteroatoms. The van der Waals surface area contributed by atoms with Crippen LogP contribution >= 0.6 is 12.4 Å². The average Bonchev–Trinajstić information content (AvgIpc) is 3.15. The number of carbonyl (C=O) groups excluding carboxylic acids is 2. The molecule has 4 N–H and O–H groups in total. The summed E-state index contributed by atoms with van der Waals surface area (Å²) in [5.41, 5.74) is 7.22. The standard InChI is InChI=1S/C21H25N3O3.ClH/c1-27-16-11-9-14(10-12-16)20(25)24-19-7-3-2-6-17(19)21(26)23-18-8-4-5-15(18)13-22;/h2-3,6-7,9-12,15,18H,4-5,8,13,22H2,1H3,(H,23,26)(H,24,25);1H. The summed E-state index contributed by atoms with van der Waals surface area (Å²) >= 11 is 0. The molecule has 2 atom stereocenters. The lowest BCUT2D eigenvalue weighted by Gasteiger charge is -2.20. The van der Waals surface area contributed by atoms with Crippen molar-refractivity contribution in [2.45, 2.75) is 25.3 Å². The number of methoxy groups -OCH3 is 1. The van der Waals surface area contributed by atoms with Crippen LogP contribution in [0.2, 0.25) is 0 Å². The Balaban J connectivity index is 0.00000280. The Morgan fingerprint density at radius 3 is 2.46 bits per heavy atom. The Kier molecular flexibility index (Phi) is 7.84. The Morgan fingerprint density at radius 2 is 1.79 bits per heavy atom. The van der Waals surface area contributed by atoms with Crippen molar-refractivity contribution >= 4 is 29.9 Å². The Bertz CT molecular complexity index is 811. The minimum atomic E-state index is -0.279. The largest absolute Gasteiger partial charge is 0.497 e. The maximum absolute atomic E-state index is 12.8. The van der Waals surface area contributed by atoms with Gasteiger partial charge in [-0.05, 0) is 61.7 Å². The lowest BCUT2D eigenvalue weighted by Crippen LogP contribution is -2.40. The molecule has 1 aliphatic carbocycles. The zero-order chi connectivity index (χ0) is 19.2. The number of nitrogens with two attached hydrogens (primary N) is 1. The summed E-state index contributed by atoms with van der Waals surface area (Å²) in [6.45, 7) is 0.570. The first kappa shape index (κ1) is 21.7. The molecule has 2 aromatic rings. The van der Waals surface area contributed by atoms with Crippen LogP contribution in [0.3, 0.4) is 0 Å². The predicted molar refractivity (Wildman–Crippen MR) is 112 cm³/mol. The maximum Gasteiger partial charge on any atom is 0.255 e. The molecule has 2 amide bonds. The number of halogens is 1. The molecule has 0 saturated heterocycles. The Labute approximate surface area is 171 Å². The minimum absolute atomic E-state index is 0. The quantitative estimate of drug-likeness (QED) is 0.690. The van der Waals surface area contributed by atoms with Crippen LogP contribution in [-0.2, 0) is 0 Å². The summed E-state index contributed by atoms with van der Waals surface area (Å²) < 4.78 is 5.11. The highest BCUT2D eigenvalue weighted by Gasteiger charge is 2.28. The van der Waals surface area contributed by atoms with Gasteiger partial charge in [0.15, 0.2) is 0 Å². The van der Waals surface area contributed by atoms with Crippen molar-refractivity contribution in [3.63, 3.8) is 0 Å². The van der Waals surface area contributed by atoms with E-state index in [0.717, 1.165) is 19.3 Å². The van der Waals surface area contributed by atoms with Crippen molar-refractivity contribution in [1.29, 1.82) is 0 Å². The van der Waals surface area contributed by atoms with Gasteiger partial charge in [-0.3, -0.25) is 9.59 Å². The van der Waals surface area contributed by atoms with Crippen LogP contribution in [0.15, 0.2) is 48.5 Å². The van der Waals surface area contributed by atoms with Gasteiger partial charge in [0.2, 0.25) is 0 Å². The molecule has 150 valence electrons. The van der Waals surface area contributed by atoms with Crippen LogP contribution < -0.4 is 21.1 Å². The molecule has 0 radical (unpaired) electrons. The molecule has 2 unspecified atom stereocenters. The van der Waals surface area contributed by atoms with E-state index in [2.05, 4.69) is 10.6 Å². The van der Waals surface area contributed by atoms with Gasteiger partial charge < -0.3 is 21.1 Å². The second kappa shape index (κ2) is 10.1. The molecule has 1 fully saturated rings. The summed E-state index contributed by atoms with van der Waals surface area (Å²) in [7, 11) is 1.57. The molecule has 1 saturated carbocycles. The van der Waals surface area contributed by atoms with E-state index in [-0.39, 0.29) is 30.3 Å². The number of rotatable bonds is 6. The fourth-order valence-corrected chi connectivity index (χ4v) is 3.48. The molecule has 3 rings (SSSR count). The number of hydrogen-bond acceptors (Lipinski definition) is 4. The highest BCUT2D eigenvalue weighted by molar-refractivity contribution is 6.09. The van der Waals surface area contributed by atoms with Gasteiger partial charge in [0, 0.05) is 11.6 Å². The Hall–Kier alpha value is -2.57. The maximum atomic E-state index is 12.8. The molecule has 0 aliphatic heterocycles. The van der Waals surface area contributed by atoms with E-state index in [0.29, 0.717) is 35.0 Å². The van der Waals surface area contributed by atoms with Gasteiger partial charge in [-0.15, -0.1) is 12.4 Å². The van der Waals surface area contributed by atoms with Gasteiger partial charge in [-0.1, -0.05) is 18.6 Å². The number of nitrogens with one attached hydrogen (secondary N) is 2. The highest BCUT2D eigenvalue weighted by Crippen LogP contribution is 2.25. The summed E-state index contributed by atoms with van der Waals surface area (Å²) in [4.78, 5) is 25.3. The van der Waals surface area contributed by atoms with E-state index >= 15 is 0 Å². The molecular formula is C21H26ClN3O3. The van der Waals surface area contributed by atoms with Crippen LogP contribution in [0, 0.1) is 5.92 Å². The number of benzene rings is 2. The van der Waals surface area contributed by atoms with Crippen molar-refractivity contribution < 1.29 is 14.3 Å². The summed E-state index contributed by atoms with van der Waals surface area (Å²) in [6.07, 6.45) is 3.05. The molecule has 0 spiro atoms. The smallest absolute Gasteiger partial charge is 0.255 e. The van der Waals surface area contributed by atoms with E-state index in [4.69, 9.17) is 10.5 Å². The van der Waals surface area contributed by atoms with Gasteiger partial charge in [-0.25, -0.2) is 0 Å². The van der Waals surface area contributed by atoms with E-state index in [1.165, 1.54) is 0 Å². The van der Waals surface area contributed by atoms with Crippen molar-refractivity contribution in [2.24, 2.45) is 11.7 Å². The van der Waals surface area contributed by atoms with Crippen LogP contribution in [0.4, 0.5) is 5.69 Å². The number of ether oxygens (including phenoxy) is 1. The summed E-state index contributed by atoms with van der Waals surface area (Å²) in [6, 6.07) is 13.9. The number of para-hydroxylation sites is 1. The first-order valence-corrected chi connectivity index (χ1v) is 9.17. The molecule has 0 bridgehead atoms. The third-order valence-electron chi connectivity index (χ3n) is 5.05. The third kappa shape index (κ3) is 5.03. The Morgan fingerprint density at radius 1 is 1.07 bits per heavy atom. The molecule has 1 aliphatic rings. The lowest BCUT2D eigenvalue weighted by molar-refractivity contribution is 0.0929. The zero-order valence-electron chi connectivity index (χ0n) is 15.8. The van der Waals surface area contributed by atoms with Gasteiger partial charge in [0.05, 0.1) is 18.4 Å². The van der Waals surface area contributed by atoms with Gasteiger partial charge in [0.1, 0.15) is 5.75 Å². The normalized spacial score (nSPS) is 18.1. The van der Waals surface area contributed by atoms with E-state index in [1.807, 2.05) is 0 Å². The van der Waals surface area contributed by atoms with E-state index < -0.39 is 0 Å². The first-order chi connectivity index (χ1) is 13.1. The molecule has 0 heterocycles. The van der Waals surface area contributed by atoms with E-state index in [1.54, 1.807) is 55.6 Å². The zero-order valence-corrected chi connectivity index (χ0v) is 16.6. The topological polar surface area (TPSA) is 93.4 Å². The fourth-order valence-electron chi connectivity index (χ4n) is 3.48. The van der Waals surface area contributed by atoms with Crippen LogP contribution in [0.25, 0.3) is 0 Å². The second-order valence-corrected chi connectivity index (χ2v) is 6.73. The SMILES string of the molecule is COc1ccc(C(=O)Nc2ccccc2C(=O)NC2CCCC2CN)cc1.Cl. The van der Waals surface area contributed by atoms with Crippen LogP contribution in [0.5, 0.6) is 5.75 Å². The monoisotopic (exact) mass is 403 g/mol. The van der Waals surface area contributed by atoms with Crippen molar-refractivity contribution in [2.75, 3.05) is 19.0 Å². The predicted octanol–water partition coefficient (Wildman–Crippen LogP) is 3.23. The van der Waals surface area contributed by atoms with Crippen molar-refractivity contribution in [1.82, 2.24) is 5.32 Å². The third-order valence-corrected chi connectivity index (χ3v) is 5.05. The summed E-state index contributed by atoms with van der Waals surface area (Å²) in [5, 5.41) is 5.91. The number of anilines is 1. The summed E-state index contributed by atoms with van der Waals surface area (Å²) in [5.74, 6) is 0.525. The molecular weight excluding hydrogens is 378 g/mol. The second-order valence-electron chi connectivity index (χ2n) is 6.73. The molecule has 6 nitrogen and oxygen atoms in total. The van der Waals surface area contributed by atoms with Crippen LogP contribution in [0.1, 0.15) is 40.0 Å². The minimum Gasteiger partial charge on any atom is -0.497 e. The van der Waals surface area contributed by atoms with Crippen molar-refractivity contribution in [3.05, 3.63) is 59.7 Å². The van der Waals surface area contributed by atoms with Gasteiger partial charge in [-0.2, -0.15) is 0 Å². The van der Waals surface area contributed by atoms with Crippen LogP contribution in [-0.4, -0.2) is 31.5 Å². The number of amides is 2. The van der Waals surface area contributed by atoms with Crippen molar-refractivity contribution in [3.8, 4) is 5.75 Å².